The Morgan fingerprint density at radius 3 is 2.81 bits per heavy atom. The Labute approximate surface area is 125 Å². The van der Waals surface area contributed by atoms with Gasteiger partial charge in [0.2, 0.25) is 0 Å². The van der Waals surface area contributed by atoms with Gasteiger partial charge in [-0.05, 0) is 43.9 Å². The van der Waals surface area contributed by atoms with Crippen LogP contribution in [0.4, 0.5) is 0 Å². The molecule has 21 heavy (non-hydrogen) atoms. The maximum Gasteiger partial charge on any atom is 0.133 e. The maximum absolute atomic E-state index is 10.4. The van der Waals surface area contributed by atoms with Crippen LogP contribution in [0, 0.1) is 5.92 Å². The number of aryl methyl sites for hydroxylation is 2. The molecule has 3 unspecified atom stereocenters. The molecule has 2 aromatic rings. The number of furan rings is 1. The van der Waals surface area contributed by atoms with Crippen molar-refractivity contribution in [3.8, 4) is 0 Å². The lowest BCUT2D eigenvalue weighted by molar-refractivity contribution is 0.145. The topological polar surface area (TPSA) is 51.2 Å². The predicted octanol–water partition coefficient (Wildman–Crippen LogP) is 3.46. The van der Waals surface area contributed by atoms with Crippen molar-refractivity contribution in [2.75, 3.05) is 0 Å². The van der Waals surface area contributed by atoms with Crippen LogP contribution in [0.3, 0.4) is 0 Å². The molecule has 4 heteroatoms. The van der Waals surface area contributed by atoms with Crippen molar-refractivity contribution in [3.05, 3.63) is 41.1 Å². The number of aromatic nitrogens is 2. The molecule has 3 atom stereocenters. The van der Waals surface area contributed by atoms with Gasteiger partial charge in [-0.3, -0.25) is 4.68 Å². The molecule has 114 valence electrons. The van der Waals surface area contributed by atoms with Gasteiger partial charge < -0.3 is 9.52 Å². The third-order valence-electron chi connectivity index (χ3n) is 4.43. The first-order valence-electron chi connectivity index (χ1n) is 7.95. The molecule has 0 spiro atoms. The van der Waals surface area contributed by atoms with Gasteiger partial charge >= 0.3 is 0 Å². The van der Waals surface area contributed by atoms with Gasteiger partial charge in [-0.15, -0.1) is 0 Å². The molecule has 1 aliphatic carbocycles. The molecule has 0 aliphatic heterocycles. The van der Waals surface area contributed by atoms with E-state index in [4.69, 9.17) is 4.42 Å². The summed E-state index contributed by atoms with van der Waals surface area (Å²) in [7, 11) is 0. The summed E-state index contributed by atoms with van der Waals surface area (Å²) >= 11 is 0. The molecule has 1 fully saturated rings. The number of hydrogen-bond acceptors (Lipinski definition) is 3. The summed E-state index contributed by atoms with van der Waals surface area (Å²) in [6, 6.07) is 6.01. The van der Waals surface area contributed by atoms with Gasteiger partial charge in [0.15, 0.2) is 0 Å². The first-order valence-corrected chi connectivity index (χ1v) is 7.95. The predicted molar refractivity (Wildman–Crippen MR) is 81.2 cm³/mol. The molecule has 2 heterocycles. The number of rotatable bonds is 6. The van der Waals surface area contributed by atoms with Gasteiger partial charge in [-0.2, -0.15) is 5.10 Å². The van der Waals surface area contributed by atoms with Gasteiger partial charge in [-0.25, -0.2) is 0 Å². The third kappa shape index (κ3) is 2.91. The summed E-state index contributed by atoms with van der Waals surface area (Å²) in [5.41, 5.74) is 2.14. The van der Waals surface area contributed by atoms with Gasteiger partial charge in [0.25, 0.3) is 0 Å². The molecular weight excluding hydrogens is 264 g/mol. The Kier molecular flexibility index (Phi) is 3.89. The van der Waals surface area contributed by atoms with Crippen molar-refractivity contribution in [3.63, 3.8) is 0 Å². The summed E-state index contributed by atoms with van der Waals surface area (Å²) in [4.78, 5) is 0. The quantitative estimate of drug-likeness (QED) is 0.885. The summed E-state index contributed by atoms with van der Waals surface area (Å²) in [6.45, 7) is 7.22. The lowest BCUT2D eigenvalue weighted by Gasteiger charge is -2.09. The second-order valence-electron chi connectivity index (χ2n) is 6.08. The molecule has 0 amide bonds. The fourth-order valence-electron chi connectivity index (χ4n) is 2.89. The largest absolute Gasteiger partial charge is 0.463 e. The molecule has 2 aromatic heterocycles. The van der Waals surface area contributed by atoms with Crippen molar-refractivity contribution in [1.29, 1.82) is 0 Å². The van der Waals surface area contributed by atoms with E-state index in [1.807, 2.05) is 16.8 Å². The standard InChI is InChI=1S/C17H24N2O2/c1-4-12-9-13(19(5-2)18-12)10-15(20)17-7-6-16(21-17)14-8-11(14)3/h6-7,9,11,14-15,20H,4-5,8,10H2,1-3H3. The molecule has 1 aliphatic rings. The molecule has 1 saturated carbocycles. The lowest BCUT2D eigenvalue weighted by Crippen LogP contribution is -2.08. The van der Waals surface area contributed by atoms with E-state index in [-0.39, 0.29) is 0 Å². The van der Waals surface area contributed by atoms with Crippen LogP contribution in [0.25, 0.3) is 0 Å². The summed E-state index contributed by atoms with van der Waals surface area (Å²) in [5.74, 6) is 2.97. The third-order valence-corrected chi connectivity index (χ3v) is 4.43. The van der Waals surface area contributed by atoms with E-state index in [1.165, 1.54) is 6.42 Å². The van der Waals surface area contributed by atoms with Gasteiger partial charge in [-0.1, -0.05) is 13.8 Å². The zero-order valence-corrected chi connectivity index (χ0v) is 13.0. The lowest BCUT2D eigenvalue weighted by atomic mass is 10.1. The highest BCUT2D eigenvalue weighted by Crippen LogP contribution is 2.47. The molecule has 1 N–H and O–H groups in total. The summed E-state index contributed by atoms with van der Waals surface area (Å²) in [6.07, 6.45) is 2.07. The van der Waals surface area contributed by atoms with E-state index in [0.29, 0.717) is 18.1 Å². The van der Waals surface area contributed by atoms with E-state index in [1.54, 1.807) is 0 Å². The van der Waals surface area contributed by atoms with Crippen LogP contribution in [0.5, 0.6) is 0 Å². The zero-order chi connectivity index (χ0) is 15.0. The highest BCUT2D eigenvalue weighted by Gasteiger charge is 2.36. The van der Waals surface area contributed by atoms with Crippen LogP contribution in [-0.2, 0) is 19.4 Å². The van der Waals surface area contributed by atoms with E-state index < -0.39 is 6.10 Å². The van der Waals surface area contributed by atoms with Crippen LogP contribution in [0.2, 0.25) is 0 Å². The minimum atomic E-state index is -0.598. The van der Waals surface area contributed by atoms with E-state index in [2.05, 4.69) is 31.9 Å². The van der Waals surface area contributed by atoms with Crippen molar-refractivity contribution >= 4 is 0 Å². The first kappa shape index (κ1) is 14.4. The fraction of sp³-hybridized carbons (Fsp3) is 0.588. The van der Waals surface area contributed by atoms with Gasteiger partial charge in [0.05, 0.1) is 5.69 Å². The summed E-state index contributed by atoms with van der Waals surface area (Å²) < 4.78 is 7.81. The molecule has 0 aromatic carbocycles. The number of aliphatic hydroxyl groups is 1. The molecule has 0 saturated heterocycles. The Morgan fingerprint density at radius 1 is 1.43 bits per heavy atom. The van der Waals surface area contributed by atoms with E-state index in [0.717, 1.165) is 36.0 Å². The number of hydrogen-bond donors (Lipinski definition) is 1. The number of aliphatic hydroxyl groups excluding tert-OH is 1. The van der Waals surface area contributed by atoms with E-state index in [9.17, 15) is 5.11 Å². The van der Waals surface area contributed by atoms with Crippen molar-refractivity contribution in [2.24, 2.45) is 5.92 Å². The highest BCUT2D eigenvalue weighted by molar-refractivity contribution is 5.20. The second kappa shape index (κ2) is 5.68. The Balaban J connectivity index is 1.72. The molecule has 0 radical (unpaired) electrons. The molecule has 3 rings (SSSR count). The monoisotopic (exact) mass is 288 g/mol. The van der Waals surface area contributed by atoms with Crippen LogP contribution in [0.1, 0.15) is 62.1 Å². The first-order chi connectivity index (χ1) is 10.1. The Bertz CT molecular complexity index is 614. The van der Waals surface area contributed by atoms with Gasteiger partial charge in [0, 0.05) is 24.6 Å². The minimum absolute atomic E-state index is 0.550. The summed E-state index contributed by atoms with van der Waals surface area (Å²) in [5, 5.41) is 14.9. The van der Waals surface area contributed by atoms with Crippen LogP contribution in [-0.4, -0.2) is 14.9 Å². The van der Waals surface area contributed by atoms with Crippen molar-refractivity contribution in [1.82, 2.24) is 9.78 Å². The normalized spacial score (nSPS) is 22.5. The van der Waals surface area contributed by atoms with Crippen LogP contribution < -0.4 is 0 Å². The van der Waals surface area contributed by atoms with Gasteiger partial charge in [0.1, 0.15) is 17.6 Å². The zero-order valence-electron chi connectivity index (χ0n) is 13.0. The smallest absolute Gasteiger partial charge is 0.133 e. The highest BCUT2D eigenvalue weighted by atomic mass is 16.4. The Hall–Kier alpha value is -1.55. The van der Waals surface area contributed by atoms with E-state index >= 15 is 0 Å². The maximum atomic E-state index is 10.4. The second-order valence-corrected chi connectivity index (χ2v) is 6.08. The molecule has 4 nitrogen and oxygen atoms in total. The van der Waals surface area contributed by atoms with Crippen LogP contribution >= 0.6 is 0 Å². The Morgan fingerprint density at radius 2 is 2.19 bits per heavy atom. The molecular formula is C17H24N2O2. The average molecular weight is 288 g/mol. The molecule has 0 bridgehead atoms. The fourth-order valence-corrected chi connectivity index (χ4v) is 2.89. The van der Waals surface area contributed by atoms with Crippen molar-refractivity contribution in [2.45, 2.75) is 58.6 Å². The number of nitrogens with zero attached hydrogens (tertiary/aromatic N) is 2. The van der Waals surface area contributed by atoms with Crippen LogP contribution in [0.15, 0.2) is 22.6 Å². The van der Waals surface area contributed by atoms with Crippen molar-refractivity contribution < 1.29 is 9.52 Å². The minimum Gasteiger partial charge on any atom is -0.463 e. The average Bonchev–Trinajstić information content (AvgIpc) is 2.94. The SMILES string of the molecule is CCc1cc(CC(O)c2ccc(C3CC3C)o2)n(CC)n1.